The van der Waals surface area contributed by atoms with E-state index in [2.05, 4.69) is 4.36 Å². The fourth-order valence-corrected chi connectivity index (χ4v) is 1.42. The molecule has 0 N–H and O–H groups in total. The Kier molecular flexibility index (Phi) is 6.15. The van der Waals surface area contributed by atoms with Crippen LogP contribution in [-0.2, 0) is 20.0 Å². The molecule has 0 amide bonds. The third-order valence-corrected chi connectivity index (χ3v) is 1.96. The molecular formula is C9H17NO4S. The number of hydrogen-bond donors (Lipinski definition) is 0. The monoisotopic (exact) mass is 235 g/mol. The fraction of sp³-hybridized carbons (Fsp3) is 0.889. The predicted molar refractivity (Wildman–Crippen MR) is 55.8 cm³/mol. The smallest absolute Gasteiger partial charge is 0.332 e. The molecule has 0 heterocycles. The average molecular weight is 235 g/mol. The zero-order chi connectivity index (χ0) is 12.0. The molecule has 0 bridgehead atoms. The van der Waals surface area contributed by atoms with Crippen LogP contribution in [0.1, 0.15) is 34.1 Å². The highest BCUT2D eigenvalue weighted by atomic mass is 32.2. The van der Waals surface area contributed by atoms with Crippen molar-refractivity contribution in [2.75, 3.05) is 0 Å². The number of esters is 1. The van der Waals surface area contributed by atoms with Gasteiger partial charge in [0.2, 0.25) is 0 Å². The van der Waals surface area contributed by atoms with Crippen molar-refractivity contribution < 1.29 is 17.9 Å². The largest absolute Gasteiger partial charge is 0.461 e. The van der Waals surface area contributed by atoms with Crippen LogP contribution in [0.2, 0.25) is 0 Å². The molecule has 5 nitrogen and oxygen atoms in total. The minimum atomic E-state index is -2.57. The third-order valence-electron chi connectivity index (χ3n) is 1.53. The van der Waals surface area contributed by atoms with E-state index in [-0.39, 0.29) is 12.0 Å². The maximum Gasteiger partial charge on any atom is 0.332 e. The summed E-state index contributed by atoms with van der Waals surface area (Å²) in [5.41, 5.74) is 0. The van der Waals surface area contributed by atoms with E-state index < -0.39 is 22.5 Å². The lowest BCUT2D eigenvalue weighted by Gasteiger charge is -2.14. The van der Waals surface area contributed by atoms with Crippen LogP contribution in [0.4, 0.5) is 0 Å². The topological polar surface area (TPSA) is 72.8 Å². The first-order chi connectivity index (χ1) is 6.82. The Balaban J connectivity index is 4.63. The van der Waals surface area contributed by atoms with Crippen LogP contribution in [0, 0.1) is 5.92 Å². The van der Waals surface area contributed by atoms with Gasteiger partial charge in [-0.1, -0.05) is 13.8 Å². The van der Waals surface area contributed by atoms with E-state index in [0.717, 1.165) is 0 Å². The maximum atomic E-state index is 11.4. The van der Waals surface area contributed by atoms with Crippen LogP contribution in [0.5, 0.6) is 0 Å². The summed E-state index contributed by atoms with van der Waals surface area (Å²) in [5.74, 6) is -0.398. The summed E-state index contributed by atoms with van der Waals surface area (Å²) in [6, 6.07) is -0.911. The third kappa shape index (κ3) is 7.07. The van der Waals surface area contributed by atoms with E-state index in [0.29, 0.717) is 6.42 Å². The fourth-order valence-electron chi connectivity index (χ4n) is 1.04. The number of hydrogen-bond acceptors (Lipinski definition) is 5. The van der Waals surface area contributed by atoms with Gasteiger partial charge in [0.1, 0.15) is 0 Å². The molecule has 0 saturated heterocycles. The molecule has 0 aliphatic heterocycles. The first kappa shape index (κ1) is 14.1. The number of carbonyl (C=O) groups excluding carboxylic acids is 1. The minimum absolute atomic E-state index is 0.182. The van der Waals surface area contributed by atoms with Crippen LogP contribution in [0.25, 0.3) is 0 Å². The average Bonchev–Trinajstić information content (AvgIpc) is 1.99. The molecule has 0 aromatic carbocycles. The van der Waals surface area contributed by atoms with E-state index in [4.69, 9.17) is 4.74 Å². The Bertz CT molecular complexity index is 324. The van der Waals surface area contributed by atoms with Gasteiger partial charge in [-0.2, -0.15) is 12.8 Å². The van der Waals surface area contributed by atoms with Gasteiger partial charge in [-0.3, -0.25) is 0 Å². The van der Waals surface area contributed by atoms with Crippen LogP contribution in [-0.4, -0.2) is 26.5 Å². The number of rotatable bonds is 5. The van der Waals surface area contributed by atoms with Crippen molar-refractivity contribution in [1.29, 1.82) is 0 Å². The molecule has 0 aromatic heterocycles. The first-order valence-corrected chi connectivity index (χ1v) is 5.86. The summed E-state index contributed by atoms with van der Waals surface area (Å²) >= 11 is 0. The summed E-state index contributed by atoms with van der Waals surface area (Å²) in [4.78, 5) is 11.4. The van der Waals surface area contributed by atoms with Gasteiger partial charge in [-0.25, -0.2) is 4.79 Å². The molecule has 0 unspecified atom stereocenters. The van der Waals surface area contributed by atoms with Crippen LogP contribution in [0.3, 0.4) is 0 Å². The molecule has 0 aliphatic rings. The molecule has 15 heavy (non-hydrogen) atoms. The quantitative estimate of drug-likeness (QED) is 0.675. The Morgan fingerprint density at radius 1 is 1.27 bits per heavy atom. The zero-order valence-corrected chi connectivity index (χ0v) is 10.2. The highest BCUT2D eigenvalue weighted by molar-refractivity contribution is 7.61. The molecule has 0 aliphatic carbocycles. The van der Waals surface area contributed by atoms with Gasteiger partial charge in [0.25, 0.3) is 0 Å². The minimum Gasteiger partial charge on any atom is -0.461 e. The maximum absolute atomic E-state index is 11.4. The summed E-state index contributed by atoms with van der Waals surface area (Å²) < 4.78 is 29.0. The van der Waals surface area contributed by atoms with E-state index in [9.17, 15) is 13.2 Å². The van der Waals surface area contributed by atoms with Crippen LogP contribution in [0.15, 0.2) is 4.36 Å². The van der Waals surface area contributed by atoms with Crippen molar-refractivity contribution in [1.82, 2.24) is 0 Å². The molecule has 0 rings (SSSR count). The molecule has 0 saturated carbocycles. The zero-order valence-electron chi connectivity index (χ0n) is 9.43. The van der Waals surface area contributed by atoms with Crippen molar-refractivity contribution in [3.05, 3.63) is 0 Å². The molecule has 88 valence electrons. The summed E-state index contributed by atoms with van der Waals surface area (Å²) in [7, 11) is -2.57. The lowest BCUT2D eigenvalue weighted by molar-refractivity contribution is -0.149. The van der Waals surface area contributed by atoms with Gasteiger partial charge in [0, 0.05) is 0 Å². The summed E-state index contributed by atoms with van der Waals surface area (Å²) in [5, 5.41) is 0. The number of nitrogens with zero attached hydrogens (tertiary/aromatic N) is 1. The Labute approximate surface area is 91.5 Å². The van der Waals surface area contributed by atoms with E-state index in [1.165, 1.54) is 0 Å². The second kappa shape index (κ2) is 6.55. The standard InChI is InChI=1S/C9H17NO4S/c1-6(2)5-8(10-15(12)13)9(11)14-7(3)4/h6-8H,5H2,1-4H3/t8-/m0/s1. The van der Waals surface area contributed by atoms with Crippen molar-refractivity contribution in [3.63, 3.8) is 0 Å². The highest BCUT2D eigenvalue weighted by Crippen LogP contribution is 2.10. The molecule has 0 aromatic rings. The van der Waals surface area contributed by atoms with Gasteiger partial charge in [0.15, 0.2) is 6.04 Å². The van der Waals surface area contributed by atoms with E-state index in [1.54, 1.807) is 13.8 Å². The van der Waals surface area contributed by atoms with E-state index in [1.807, 2.05) is 13.8 Å². The van der Waals surface area contributed by atoms with Crippen molar-refractivity contribution in [2.24, 2.45) is 10.3 Å². The van der Waals surface area contributed by atoms with Gasteiger partial charge in [0.05, 0.1) is 6.10 Å². The number of carbonyl (C=O) groups is 1. The van der Waals surface area contributed by atoms with Crippen molar-refractivity contribution in [3.8, 4) is 0 Å². The SMILES string of the molecule is CC(C)C[C@H](N=S(=O)=O)C(=O)OC(C)C. The normalized spacial score (nSPS) is 12.7. The lowest BCUT2D eigenvalue weighted by atomic mass is 10.1. The number of ether oxygens (including phenoxy) is 1. The molecule has 1 atom stereocenters. The second-order valence-corrected chi connectivity index (χ2v) is 4.60. The predicted octanol–water partition coefficient (Wildman–Crippen LogP) is 1.42. The highest BCUT2D eigenvalue weighted by Gasteiger charge is 2.22. The lowest BCUT2D eigenvalue weighted by Crippen LogP contribution is -2.25. The molecule has 6 heteroatoms. The Morgan fingerprint density at radius 3 is 2.13 bits per heavy atom. The van der Waals surface area contributed by atoms with Crippen LogP contribution < -0.4 is 0 Å². The molecular weight excluding hydrogens is 218 g/mol. The summed E-state index contributed by atoms with van der Waals surface area (Å²) in [6.45, 7) is 7.19. The van der Waals surface area contributed by atoms with E-state index >= 15 is 0 Å². The van der Waals surface area contributed by atoms with Crippen molar-refractivity contribution in [2.45, 2.75) is 46.3 Å². The second-order valence-electron chi connectivity index (χ2n) is 3.95. The molecule has 0 radical (unpaired) electrons. The summed E-state index contributed by atoms with van der Waals surface area (Å²) in [6.07, 6.45) is 0.113. The van der Waals surface area contributed by atoms with Gasteiger partial charge >= 0.3 is 16.5 Å². The Morgan fingerprint density at radius 2 is 1.80 bits per heavy atom. The van der Waals surface area contributed by atoms with Crippen molar-refractivity contribution >= 4 is 16.5 Å². The van der Waals surface area contributed by atoms with Gasteiger partial charge in [-0.05, 0) is 26.2 Å². The Hall–Kier alpha value is -0.910. The molecule has 0 spiro atoms. The van der Waals surface area contributed by atoms with Gasteiger partial charge in [-0.15, -0.1) is 0 Å². The molecule has 0 fully saturated rings. The van der Waals surface area contributed by atoms with Gasteiger partial charge < -0.3 is 4.74 Å². The van der Waals surface area contributed by atoms with Crippen LogP contribution >= 0.6 is 0 Å². The first-order valence-electron chi connectivity index (χ1n) is 4.83.